The lowest BCUT2D eigenvalue weighted by Gasteiger charge is -2.21. The number of hydrogen-bond acceptors (Lipinski definition) is 3. The average molecular weight is 177 g/mol. The van der Waals surface area contributed by atoms with Crippen molar-refractivity contribution in [3.8, 4) is 0 Å². The van der Waals surface area contributed by atoms with Crippen LogP contribution in [0.25, 0.3) is 0 Å². The molecule has 0 saturated heterocycles. The predicted octanol–water partition coefficient (Wildman–Crippen LogP) is 1.09. The van der Waals surface area contributed by atoms with E-state index in [1.807, 2.05) is 20.0 Å². The normalized spacial score (nSPS) is 12.0. The van der Waals surface area contributed by atoms with Crippen molar-refractivity contribution in [3.63, 3.8) is 0 Å². The second-order valence-electron chi connectivity index (χ2n) is 2.82. The Hall–Kier alpha value is 0.0969. The van der Waals surface area contributed by atoms with E-state index in [9.17, 15) is 0 Å². The first-order valence-electron chi connectivity index (χ1n) is 4.10. The highest BCUT2D eigenvalue weighted by Crippen LogP contribution is 2.05. The van der Waals surface area contributed by atoms with Crippen LogP contribution in [0.1, 0.15) is 13.3 Å². The summed E-state index contributed by atoms with van der Waals surface area (Å²) in [6.07, 6.45) is 0.920. The predicted molar refractivity (Wildman–Crippen MR) is 48.7 cm³/mol. The van der Waals surface area contributed by atoms with E-state index in [0.717, 1.165) is 19.6 Å². The van der Waals surface area contributed by atoms with Crippen LogP contribution in [-0.4, -0.2) is 28.3 Å². The molecular formula is C7H19NO2Si. The second kappa shape index (κ2) is 5.71. The molecule has 4 heteroatoms. The molecule has 0 aliphatic rings. The molecule has 0 aromatic heterocycles. The van der Waals surface area contributed by atoms with Gasteiger partial charge in [-0.2, -0.15) is 0 Å². The minimum absolute atomic E-state index is 0.691. The summed E-state index contributed by atoms with van der Waals surface area (Å²) in [6, 6.07) is 0. The van der Waals surface area contributed by atoms with Gasteiger partial charge in [0.25, 0.3) is 0 Å². The van der Waals surface area contributed by atoms with Crippen molar-refractivity contribution in [1.29, 1.82) is 0 Å². The van der Waals surface area contributed by atoms with Crippen LogP contribution in [0.3, 0.4) is 0 Å². The molecule has 2 N–H and O–H groups in total. The highest BCUT2D eigenvalue weighted by atomic mass is 28.4. The lowest BCUT2D eigenvalue weighted by atomic mass is 10.5. The van der Waals surface area contributed by atoms with Gasteiger partial charge in [-0.05, 0) is 33.0 Å². The fourth-order valence-corrected chi connectivity index (χ4v) is 2.21. The Morgan fingerprint density at radius 1 is 1.27 bits per heavy atom. The van der Waals surface area contributed by atoms with Crippen molar-refractivity contribution >= 4 is 8.56 Å². The van der Waals surface area contributed by atoms with Gasteiger partial charge in [-0.1, -0.05) is 0 Å². The van der Waals surface area contributed by atoms with Crippen LogP contribution >= 0.6 is 0 Å². The van der Waals surface area contributed by atoms with Gasteiger partial charge in [0.05, 0.1) is 0 Å². The molecule has 0 fully saturated rings. The Kier molecular flexibility index (Phi) is 5.76. The van der Waals surface area contributed by atoms with Crippen LogP contribution in [0.5, 0.6) is 0 Å². The molecule has 3 nitrogen and oxygen atoms in total. The minimum atomic E-state index is -1.80. The molecule has 0 aromatic carbocycles. The lowest BCUT2D eigenvalue weighted by Crippen LogP contribution is -2.35. The minimum Gasteiger partial charge on any atom is -0.395 e. The molecule has 0 bridgehead atoms. The zero-order chi connectivity index (χ0) is 8.74. The highest BCUT2D eigenvalue weighted by Gasteiger charge is 2.22. The topological polar surface area (TPSA) is 44.5 Å². The molecule has 0 unspecified atom stereocenters. The number of nitrogens with two attached hydrogens (primary N) is 1. The fourth-order valence-electron chi connectivity index (χ4n) is 0.791. The summed E-state index contributed by atoms with van der Waals surface area (Å²) < 4.78 is 11.0. The van der Waals surface area contributed by atoms with E-state index in [2.05, 4.69) is 0 Å². The van der Waals surface area contributed by atoms with E-state index < -0.39 is 8.56 Å². The lowest BCUT2D eigenvalue weighted by molar-refractivity contribution is 0.186. The molecule has 0 amide bonds. The van der Waals surface area contributed by atoms with Gasteiger partial charge in [0.1, 0.15) is 0 Å². The molecule has 0 spiro atoms. The van der Waals surface area contributed by atoms with Gasteiger partial charge >= 0.3 is 8.56 Å². The average Bonchev–Trinajstić information content (AvgIpc) is 1.87. The van der Waals surface area contributed by atoms with Gasteiger partial charge in [-0.25, -0.2) is 0 Å². The van der Waals surface area contributed by atoms with Crippen molar-refractivity contribution in [1.82, 2.24) is 0 Å². The van der Waals surface area contributed by atoms with Gasteiger partial charge in [0, 0.05) is 13.2 Å². The van der Waals surface area contributed by atoms with Gasteiger partial charge in [0.2, 0.25) is 0 Å². The van der Waals surface area contributed by atoms with Gasteiger partial charge in [0.15, 0.2) is 0 Å². The van der Waals surface area contributed by atoms with Gasteiger partial charge < -0.3 is 14.6 Å². The molecular weight excluding hydrogens is 158 g/mol. The molecule has 0 aliphatic heterocycles. The molecule has 0 aliphatic carbocycles. The quantitative estimate of drug-likeness (QED) is 0.488. The van der Waals surface area contributed by atoms with Crippen LogP contribution in [0.15, 0.2) is 0 Å². The second-order valence-corrected chi connectivity index (χ2v) is 6.20. The Morgan fingerprint density at radius 3 is 2.36 bits per heavy atom. The van der Waals surface area contributed by atoms with Crippen LogP contribution in [-0.2, 0) is 8.85 Å². The number of hydrogen-bond donors (Lipinski definition) is 1. The van der Waals surface area contributed by atoms with E-state index in [0.29, 0.717) is 6.54 Å². The maximum Gasteiger partial charge on any atom is 0.331 e. The molecule has 0 aromatic rings. The molecule has 0 rings (SSSR count). The maximum atomic E-state index is 5.55. The Labute approximate surface area is 70.1 Å². The zero-order valence-electron chi connectivity index (χ0n) is 7.72. The highest BCUT2D eigenvalue weighted by molar-refractivity contribution is 6.64. The Bertz CT molecular complexity index is 98.4. The van der Waals surface area contributed by atoms with E-state index in [-0.39, 0.29) is 0 Å². The van der Waals surface area contributed by atoms with Crippen molar-refractivity contribution in [2.24, 2.45) is 5.73 Å². The largest absolute Gasteiger partial charge is 0.395 e. The van der Waals surface area contributed by atoms with E-state index in [1.54, 1.807) is 0 Å². The molecule has 0 heterocycles. The molecule has 0 atom stereocenters. The summed E-state index contributed by atoms with van der Waals surface area (Å²) in [4.78, 5) is 0. The summed E-state index contributed by atoms with van der Waals surface area (Å²) in [6.45, 7) is 8.25. The van der Waals surface area contributed by atoms with E-state index in [4.69, 9.17) is 14.6 Å². The third kappa shape index (κ3) is 6.49. The first-order chi connectivity index (χ1) is 5.12. The maximum absolute atomic E-state index is 5.55. The third-order valence-corrected chi connectivity index (χ3v) is 3.17. The third-order valence-electron chi connectivity index (χ3n) is 1.29. The fraction of sp³-hybridized carbons (Fsp3) is 1.00. The summed E-state index contributed by atoms with van der Waals surface area (Å²) in [7, 11) is -1.80. The SMILES string of the molecule is CCO[Si](C)(C)OCCCN. The summed E-state index contributed by atoms with van der Waals surface area (Å²) in [5.74, 6) is 0. The van der Waals surface area contributed by atoms with Crippen molar-refractivity contribution < 1.29 is 8.85 Å². The van der Waals surface area contributed by atoms with Gasteiger partial charge in [-0.15, -0.1) is 0 Å². The van der Waals surface area contributed by atoms with Crippen LogP contribution in [0, 0.1) is 0 Å². The molecule has 0 saturated carbocycles. The number of rotatable bonds is 6. The summed E-state index contributed by atoms with van der Waals surface area (Å²) in [5, 5.41) is 0. The molecule has 68 valence electrons. The van der Waals surface area contributed by atoms with Crippen molar-refractivity contribution in [3.05, 3.63) is 0 Å². The van der Waals surface area contributed by atoms with Crippen LogP contribution in [0.4, 0.5) is 0 Å². The van der Waals surface area contributed by atoms with Crippen molar-refractivity contribution in [2.45, 2.75) is 26.4 Å². The monoisotopic (exact) mass is 177 g/mol. The standard InChI is InChI=1S/C7H19NO2Si/c1-4-9-11(2,3)10-7-5-6-8/h4-8H2,1-3H3. The van der Waals surface area contributed by atoms with E-state index in [1.165, 1.54) is 0 Å². The zero-order valence-corrected chi connectivity index (χ0v) is 8.72. The molecule has 11 heavy (non-hydrogen) atoms. The van der Waals surface area contributed by atoms with Crippen LogP contribution < -0.4 is 5.73 Å². The van der Waals surface area contributed by atoms with Crippen molar-refractivity contribution in [2.75, 3.05) is 19.8 Å². The summed E-state index contributed by atoms with van der Waals surface area (Å²) >= 11 is 0. The van der Waals surface area contributed by atoms with E-state index >= 15 is 0 Å². The van der Waals surface area contributed by atoms with Crippen LogP contribution in [0.2, 0.25) is 13.1 Å². The van der Waals surface area contributed by atoms with Gasteiger partial charge in [-0.3, -0.25) is 0 Å². The first kappa shape index (κ1) is 11.1. The Balaban J connectivity index is 3.38. The first-order valence-corrected chi connectivity index (χ1v) is 6.92. The molecule has 0 radical (unpaired) electrons. The smallest absolute Gasteiger partial charge is 0.331 e. The Morgan fingerprint density at radius 2 is 1.91 bits per heavy atom. The summed E-state index contributed by atoms with van der Waals surface area (Å²) in [5.41, 5.74) is 5.33.